The van der Waals surface area contributed by atoms with Crippen molar-refractivity contribution >= 4 is 11.7 Å². The molecule has 4 N–H and O–H groups in total. The molecule has 0 aliphatic carbocycles. The molecule has 0 aliphatic heterocycles. The smallest absolute Gasteiger partial charge is 0.273 e. The van der Waals surface area contributed by atoms with Crippen LogP contribution in [0.1, 0.15) is 21.9 Å². The van der Waals surface area contributed by atoms with E-state index >= 15 is 0 Å². The van der Waals surface area contributed by atoms with Crippen molar-refractivity contribution in [3.63, 3.8) is 0 Å². The van der Waals surface area contributed by atoms with Crippen LogP contribution < -0.4 is 16.6 Å². The Balaban J connectivity index is 1.49. The number of amides is 1. The molecule has 0 saturated carbocycles. The molecule has 3 aromatic rings. The third-order valence-corrected chi connectivity index (χ3v) is 3.70. The number of benzene rings is 1. The van der Waals surface area contributed by atoms with Gasteiger partial charge in [-0.15, -0.1) is 5.10 Å². The predicted octanol–water partition coefficient (Wildman–Crippen LogP) is 0.159. The fraction of sp³-hybridized carbons (Fsp3) is 0.235. The lowest BCUT2D eigenvalue weighted by atomic mass is 10.1. The highest BCUT2D eigenvalue weighted by atomic mass is 16.2. The third kappa shape index (κ3) is 4.76. The number of aromatic amines is 1. The van der Waals surface area contributed by atoms with Gasteiger partial charge in [0, 0.05) is 25.6 Å². The van der Waals surface area contributed by atoms with Gasteiger partial charge in [0.25, 0.3) is 11.5 Å². The minimum Gasteiger partial charge on any atom is -0.383 e. The summed E-state index contributed by atoms with van der Waals surface area (Å²) < 4.78 is 1.64. The van der Waals surface area contributed by atoms with Gasteiger partial charge in [0.1, 0.15) is 11.6 Å². The molecule has 2 heterocycles. The molecule has 0 saturated heterocycles. The van der Waals surface area contributed by atoms with Crippen LogP contribution in [0.5, 0.6) is 0 Å². The Morgan fingerprint density at radius 1 is 1.23 bits per heavy atom. The number of nitrogens with one attached hydrogen (secondary N) is 2. The molecule has 0 atom stereocenters. The van der Waals surface area contributed by atoms with Gasteiger partial charge in [0.15, 0.2) is 5.69 Å². The van der Waals surface area contributed by atoms with E-state index in [1.54, 1.807) is 10.9 Å². The molecule has 0 bridgehead atoms. The van der Waals surface area contributed by atoms with Gasteiger partial charge in [0.2, 0.25) is 0 Å². The lowest BCUT2D eigenvalue weighted by Gasteiger charge is -2.03. The van der Waals surface area contributed by atoms with Crippen LogP contribution in [0.4, 0.5) is 5.82 Å². The number of anilines is 1. The Hall–Kier alpha value is -3.49. The zero-order valence-electron chi connectivity index (χ0n) is 14.1. The highest BCUT2D eigenvalue weighted by Gasteiger charge is 2.10. The van der Waals surface area contributed by atoms with Crippen LogP contribution in [-0.4, -0.2) is 37.4 Å². The molecule has 134 valence electrons. The summed E-state index contributed by atoms with van der Waals surface area (Å²) in [7, 11) is 0. The van der Waals surface area contributed by atoms with Gasteiger partial charge in [-0.2, -0.15) is 0 Å². The number of rotatable bonds is 7. The molecule has 0 fully saturated rings. The van der Waals surface area contributed by atoms with E-state index in [1.807, 2.05) is 30.3 Å². The summed E-state index contributed by atoms with van der Waals surface area (Å²) in [6, 6.07) is 11.2. The molecule has 9 heteroatoms. The first-order valence-electron chi connectivity index (χ1n) is 8.18. The Bertz CT molecular complexity index is 934. The molecule has 9 nitrogen and oxygen atoms in total. The first-order chi connectivity index (χ1) is 12.6. The number of aryl methyl sites for hydroxylation is 2. The lowest BCUT2D eigenvalue weighted by molar-refractivity contribution is 0.0949. The second kappa shape index (κ2) is 8.06. The first-order valence-corrected chi connectivity index (χ1v) is 8.18. The van der Waals surface area contributed by atoms with Gasteiger partial charge in [0.05, 0.1) is 6.20 Å². The molecular formula is C17H19N7O2. The van der Waals surface area contributed by atoms with Crippen LogP contribution in [0, 0.1) is 0 Å². The summed E-state index contributed by atoms with van der Waals surface area (Å²) in [6.45, 7) is 0.931. The number of aromatic nitrogens is 5. The number of H-pyrrole nitrogens is 1. The maximum Gasteiger partial charge on any atom is 0.273 e. The van der Waals surface area contributed by atoms with Gasteiger partial charge < -0.3 is 16.0 Å². The molecule has 0 aliphatic rings. The van der Waals surface area contributed by atoms with Gasteiger partial charge in [-0.1, -0.05) is 35.5 Å². The zero-order valence-corrected chi connectivity index (χ0v) is 14.1. The van der Waals surface area contributed by atoms with Crippen LogP contribution in [-0.2, 0) is 19.4 Å². The molecule has 26 heavy (non-hydrogen) atoms. The standard InChI is InChI=1S/C17H19N7O2/c18-14-10-16(25)21-15(20-14)6-8-19-17(26)13-11-24(23-22-13)9-7-12-4-2-1-3-5-12/h1-5,10-11H,6-9H2,(H,19,26)(H3,18,20,21,25). The van der Waals surface area contributed by atoms with Crippen LogP contribution in [0.15, 0.2) is 47.4 Å². The fourth-order valence-electron chi connectivity index (χ4n) is 2.43. The minimum atomic E-state index is -0.331. The van der Waals surface area contributed by atoms with Gasteiger partial charge in [-0.3, -0.25) is 14.3 Å². The van der Waals surface area contributed by atoms with E-state index in [1.165, 1.54) is 11.6 Å². The van der Waals surface area contributed by atoms with Crippen molar-refractivity contribution in [3.05, 3.63) is 70.0 Å². The van der Waals surface area contributed by atoms with Crippen molar-refractivity contribution in [2.75, 3.05) is 12.3 Å². The predicted molar refractivity (Wildman–Crippen MR) is 95.5 cm³/mol. The average molecular weight is 353 g/mol. The Labute approximate surface area is 149 Å². The topological polar surface area (TPSA) is 132 Å². The van der Waals surface area contributed by atoms with E-state index in [0.29, 0.717) is 25.3 Å². The van der Waals surface area contributed by atoms with Crippen molar-refractivity contribution < 1.29 is 4.79 Å². The molecule has 1 aromatic carbocycles. The number of nitrogens with zero attached hydrogens (tertiary/aromatic N) is 4. The van der Waals surface area contributed by atoms with Gasteiger partial charge in [-0.25, -0.2) is 4.98 Å². The highest BCUT2D eigenvalue weighted by molar-refractivity contribution is 5.91. The molecule has 2 aromatic heterocycles. The maximum absolute atomic E-state index is 12.1. The summed E-state index contributed by atoms with van der Waals surface area (Å²) in [6.07, 6.45) is 2.77. The highest BCUT2D eigenvalue weighted by Crippen LogP contribution is 2.02. The Kier molecular flexibility index (Phi) is 5.37. The average Bonchev–Trinajstić information content (AvgIpc) is 3.09. The van der Waals surface area contributed by atoms with E-state index in [-0.39, 0.29) is 23.0 Å². The molecule has 0 unspecified atom stereocenters. The third-order valence-electron chi connectivity index (χ3n) is 3.70. The van der Waals surface area contributed by atoms with Crippen molar-refractivity contribution in [2.45, 2.75) is 19.4 Å². The van der Waals surface area contributed by atoms with Crippen LogP contribution >= 0.6 is 0 Å². The number of hydrogen-bond acceptors (Lipinski definition) is 6. The number of nitrogen functional groups attached to an aromatic ring is 1. The quantitative estimate of drug-likeness (QED) is 0.554. The van der Waals surface area contributed by atoms with Crippen molar-refractivity contribution in [1.82, 2.24) is 30.3 Å². The van der Waals surface area contributed by atoms with Crippen molar-refractivity contribution in [2.24, 2.45) is 0 Å². The SMILES string of the molecule is Nc1cc(=O)[nH]c(CCNC(=O)c2cn(CCc3ccccc3)nn2)n1. The van der Waals surface area contributed by atoms with Crippen LogP contribution in [0.2, 0.25) is 0 Å². The van der Waals surface area contributed by atoms with Crippen LogP contribution in [0.3, 0.4) is 0 Å². The van der Waals surface area contributed by atoms with Crippen molar-refractivity contribution in [1.29, 1.82) is 0 Å². The number of nitrogens with two attached hydrogens (primary N) is 1. The molecular weight excluding hydrogens is 334 g/mol. The molecule has 1 amide bonds. The maximum atomic E-state index is 12.1. The first kappa shape index (κ1) is 17.3. The summed E-state index contributed by atoms with van der Waals surface area (Å²) in [5.41, 5.74) is 6.63. The van der Waals surface area contributed by atoms with Crippen molar-refractivity contribution in [3.8, 4) is 0 Å². The summed E-state index contributed by atoms with van der Waals surface area (Å²) in [5, 5.41) is 10.6. The lowest BCUT2D eigenvalue weighted by Crippen LogP contribution is -2.27. The summed E-state index contributed by atoms with van der Waals surface area (Å²) in [5.74, 6) is 0.237. The second-order valence-corrected chi connectivity index (χ2v) is 5.73. The number of carbonyl (C=O) groups is 1. The van der Waals surface area contributed by atoms with Gasteiger partial charge in [-0.05, 0) is 12.0 Å². The number of hydrogen-bond donors (Lipinski definition) is 3. The summed E-state index contributed by atoms with van der Waals surface area (Å²) in [4.78, 5) is 30.0. The normalized spacial score (nSPS) is 10.6. The van der Waals surface area contributed by atoms with E-state index in [9.17, 15) is 9.59 Å². The van der Waals surface area contributed by atoms with Crippen LogP contribution in [0.25, 0.3) is 0 Å². The largest absolute Gasteiger partial charge is 0.383 e. The molecule has 0 radical (unpaired) electrons. The second-order valence-electron chi connectivity index (χ2n) is 5.73. The molecule has 0 spiro atoms. The number of carbonyl (C=O) groups excluding carboxylic acids is 1. The van der Waals surface area contributed by atoms with E-state index < -0.39 is 0 Å². The minimum absolute atomic E-state index is 0.149. The summed E-state index contributed by atoms with van der Waals surface area (Å²) >= 11 is 0. The van der Waals surface area contributed by atoms with E-state index in [2.05, 4.69) is 25.6 Å². The Morgan fingerprint density at radius 3 is 2.81 bits per heavy atom. The van der Waals surface area contributed by atoms with Gasteiger partial charge >= 0.3 is 0 Å². The monoisotopic (exact) mass is 353 g/mol. The molecule has 3 rings (SSSR count). The fourth-order valence-corrected chi connectivity index (χ4v) is 2.43. The zero-order chi connectivity index (χ0) is 18.4. The van der Waals surface area contributed by atoms with E-state index in [4.69, 9.17) is 5.73 Å². The van der Waals surface area contributed by atoms with E-state index in [0.717, 1.165) is 6.42 Å². The Morgan fingerprint density at radius 2 is 2.04 bits per heavy atom.